The predicted octanol–water partition coefficient (Wildman–Crippen LogP) is 0.993. The van der Waals surface area contributed by atoms with Gasteiger partial charge in [0.25, 0.3) is 0 Å². The van der Waals surface area contributed by atoms with Gasteiger partial charge in [-0.15, -0.1) is 0 Å². The van der Waals surface area contributed by atoms with E-state index in [4.69, 9.17) is 5.11 Å². The van der Waals surface area contributed by atoms with Crippen molar-refractivity contribution >= 4 is 5.97 Å². The van der Waals surface area contributed by atoms with E-state index in [2.05, 4.69) is 5.32 Å². The van der Waals surface area contributed by atoms with Gasteiger partial charge in [-0.3, -0.25) is 4.79 Å². The Balaban J connectivity index is 2.23. The topological polar surface area (TPSA) is 49.3 Å². The van der Waals surface area contributed by atoms with Crippen molar-refractivity contribution in [3.63, 3.8) is 0 Å². The number of hydrogen-bond donors (Lipinski definition) is 2. The Kier molecular flexibility index (Phi) is 1.49. The van der Waals surface area contributed by atoms with Gasteiger partial charge < -0.3 is 10.4 Å². The van der Waals surface area contributed by atoms with Crippen LogP contribution in [0.15, 0.2) is 0 Å². The van der Waals surface area contributed by atoms with Crippen molar-refractivity contribution in [3.05, 3.63) is 0 Å². The zero-order valence-electron chi connectivity index (χ0n) is 7.39. The van der Waals surface area contributed by atoms with E-state index in [9.17, 15) is 4.79 Å². The lowest BCUT2D eigenvalue weighted by atomic mass is 9.84. The molecule has 2 N–H and O–H groups in total. The first kappa shape index (κ1) is 8.05. The highest BCUT2D eigenvalue weighted by Crippen LogP contribution is 2.56. The van der Waals surface area contributed by atoms with Gasteiger partial charge in [0.1, 0.15) is 0 Å². The standard InChI is InChI=1S/C9H15NO2/c1-10-9-4-2-8(6-9,3-5-9)7(11)12/h10H,2-6H2,1H3,(H,11,12). The van der Waals surface area contributed by atoms with Crippen molar-refractivity contribution in [2.45, 2.75) is 37.6 Å². The molecule has 2 saturated carbocycles. The molecule has 0 amide bonds. The lowest BCUT2D eigenvalue weighted by Gasteiger charge is -2.25. The minimum absolute atomic E-state index is 0.165. The van der Waals surface area contributed by atoms with Crippen molar-refractivity contribution in [1.82, 2.24) is 5.32 Å². The van der Waals surface area contributed by atoms with Crippen LogP contribution in [0.5, 0.6) is 0 Å². The second-order valence-electron chi connectivity index (χ2n) is 4.29. The van der Waals surface area contributed by atoms with E-state index in [1.165, 1.54) is 0 Å². The SMILES string of the molecule is CNC12CCC(C(=O)O)(CC1)C2. The smallest absolute Gasteiger partial charge is 0.309 e. The van der Waals surface area contributed by atoms with Crippen molar-refractivity contribution in [2.24, 2.45) is 5.41 Å². The van der Waals surface area contributed by atoms with Crippen molar-refractivity contribution in [1.29, 1.82) is 0 Å². The number of fused-ring (bicyclic) bond motifs is 2. The Bertz CT molecular complexity index is 217. The molecule has 2 aliphatic carbocycles. The van der Waals surface area contributed by atoms with Crippen LogP contribution in [0.25, 0.3) is 0 Å². The fourth-order valence-corrected chi connectivity index (χ4v) is 2.84. The van der Waals surface area contributed by atoms with Gasteiger partial charge in [-0.05, 0) is 39.2 Å². The summed E-state index contributed by atoms with van der Waals surface area (Å²) in [6.07, 6.45) is 4.64. The van der Waals surface area contributed by atoms with Crippen LogP contribution < -0.4 is 5.32 Å². The molecule has 2 rings (SSSR count). The van der Waals surface area contributed by atoms with Gasteiger partial charge in [0, 0.05) is 5.54 Å². The molecule has 2 fully saturated rings. The van der Waals surface area contributed by atoms with E-state index >= 15 is 0 Å². The quantitative estimate of drug-likeness (QED) is 0.648. The maximum atomic E-state index is 11.0. The first-order valence-corrected chi connectivity index (χ1v) is 4.55. The molecule has 68 valence electrons. The molecule has 3 heteroatoms. The maximum absolute atomic E-state index is 11.0. The highest BCUT2D eigenvalue weighted by molar-refractivity contribution is 5.76. The largest absolute Gasteiger partial charge is 0.481 e. The van der Waals surface area contributed by atoms with E-state index < -0.39 is 5.97 Å². The van der Waals surface area contributed by atoms with Crippen LogP contribution in [0.2, 0.25) is 0 Å². The minimum atomic E-state index is -0.586. The zero-order chi connectivity index (χ0) is 8.82. The van der Waals surface area contributed by atoms with Gasteiger partial charge in [-0.2, -0.15) is 0 Å². The molecule has 3 nitrogen and oxygen atoms in total. The molecule has 2 aliphatic rings. The first-order valence-electron chi connectivity index (χ1n) is 4.55. The van der Waals surface area contributed by atoms with E-state index in [1.54, 1.807) is 0 Å². The summed E-state index contributed by atoms with van der Waals surface area (Å²) in [5.74, 6) is -0.586. The summed E-state index contributed by atoms with van der Waals surface area (Å²) >= 11 is 0. The van der Waals surface area contributed by atoms with Crippen LogP contribution in [0.4, 0.5) is 0 Å². The minimum Gasteiger partial charge on any atom is -0.481 e. The van der Waals surface area contributed by atoms with E-state index in [0.29, 0.717) is 0 Å². The molecule has 0 unspecified atom stereocenters. The van der Waals surface area contributed by atoms with Gasteiger partial charge in [-0.1, -0.05) is 0 Å². The molecule has 0 heterocycles. The van der Waals surface area contributed by atoms with Crippen LogP contribution in [-0.4, -0.2) is 23.7 Å². The fraction of sp³-hybridized carbons (Fsp3) is 0.889. The highest BCUT2D eigenvalue weighted by atomic mass is 16.4. The third-order valence-corrected chi connectivity index (χ3v) is 3.82. The van der Waals surface area contributed by atoms with Crippen LogP contribution in [-0.2, 0) is 4.79 Å². The molecular formula is C9H15NO2. The van der Waals surface area contributed by atoms with Gasteiger partial charge >= 0.3 is 5.97 Å². The number of hydrogen-bond acceptors (Lipinski definition) is 2. The number of carboxylic acids is 1. The molecule has 0 atom stereocenters. The number of carboxylic acid groups (broad SMARTS) is 1. The summed E-state index contributed by atoms with van der Waals surface area (Å²) in [6.45, 7) is 0. The van der Waals surface area contributed by atoms with E-state index in [0.717, 1.165) is 32.1 Å². The summed E-state index contributed by atoms with van der Waals surface area (Å²) in [5, 5.41) is 12.4. The Hall–Kier alpha value is -0.570. The van der Waals surface area contributed by atoms with Crippen LogP contribution >= 0.6 is 0 Å². The highest BCUT2D eigenvalue weighted by Gasteiger charge is 2.57. The number of nitrogens with one attached hydrogen (secondary N) is 1. The number of rotatable bonds is 2. The molecule has 0 aromatic heterocycles. The van der Waals surface area contributed by atoms with E-state index in [1.807, 2.05) is 7.05 Å². The first-order chi connectivity index (χ1) is 5.63. The molecular weight excluding hydrogens is 154 g/mol. The van der Waals surface area contributed by atoms with Crippen molar-refractivity contribution < 1.29 is 9.90 Å². The summed E-state index contributed by atoms with van der Waals surface area (Å²) in [6, 6.07) is 0. The molecule has 0 aromatic rings. The van der Waals surface area contributed by atoms with Gasteiger partial charge in [0.15, 0.2) is 0 Å². The average molecular weight is 169 g/mol. The summed E-state index contributed by atoms with van der Waals surface area (Å²) in [5.41, 5.74) is -0.207. The zero-order valence-corrected chi connectivity index (χ0v) is 7.39. The molecule has 0 saturated heterocycles. The lowest BCUT2D eigenvalue weighted by molar-refractivity contribution is -0.148. The van der Waals surface area contributed by atoms with Gasteiger partial charge in [0.05, 0.1) is 5.41 Å². The normalized spacial score (nSPS) is 45.1. The maximum Gasteiger partial charge on any atom is 0.309 e. The summed E-state index contributed by atoms with van der Waals surface area (Å²) < 4.78 is 0. The Morgan fingerprint density at radius 1 is 1.33 bits per heavy atom. The average Bonchev–Trinajstić information content (AvgIpc) is 2.61. The molecule has 0 aliphatic heterocycles. The van der Waals surface area contributed by atoms with Crippen LogP contribution in [0.3, 0.4) is 0 Å². The lowest BCUT2D eigenvalue weighted by Crippen LogP contribution is -2.37. The molecule has 0 radical (unpaired) electrons. The third kappa shape index (κ3) is 0.829. The molecule has 12 heavy (non-hydrogen) atoms. The summed E-state index contributed by atoms with van der Waals surface area (Å²) in [7, 11) is 1.95. The van der Waals surface area contributed by atoms with E-state index in [-0.39, 0.29) is 11.0 Å². The van der Waals surface area contributed by atoms with Gasteiger partial charge in [-0.25, -0.2) is 0 Å². The number of aliphatic carboxylic acids is 1. The Labute approximate surface area is 72.2 Å². The summed E-state index contributed by atoms with van der Waals surface area (Å²) in [4.78, 5) is 11.0. The Morgan fingerprint density at radius 3 is 2.17 bits per heavy atom. The van der Waals surface area contributed by atoms with Crippen molar-refractivity contribution in [3.8, 4) is 0 Å². The van der Waals surface area contributed by atoms with Gasteiger partial charge in [0.2, 0.25) is 0 Å². The van der Waals surface area contributed by atoms with Crippen LogP contribution in [0, 0.1) is 5.41 Å². The monoisotopic (exact) mass is 169 g/mol. The second-order valence-corrected chi connectivity index (χ2v) is 4.29. The molecule has 0 aromatic carbocycles. The second kappa shape index (κ2) is 2.22. The predicted molar refractivity (Wildman–Crippen MR) is 44.9 cm³/mol. The number of carbonyl (C=O) groups is 1. The molecule has 2 bridgehead atoms. The van der Waals surface area contributed by atoms with Crippen LogP contribution in [0.1, 0.15) is 32.1 Å². The third-order valence-electron chi connectivity index (χ3n) is 3.82. The fourth-order valence-electron chi connectivity index (χ4n) is 2.84. The van der Waals surface area contributed by atoms with Crippen molar-refractivity contribution in [2.75, 3.05) is 7.05 Å². The Morgan fingerprint density at radius 2 is 1.92 bits per heavy atom. The molecule has 0 spiro atoms.